The number of rotatable bonds is 9. The number of hydrogen-bond donors (Lipinski definition) is 1. The Morgan fingerprint density at radius 1 is 1.10 bits per heavy atom. The summed E-state index contributed by atoms with van der Waals surface area (Å²) in [5.74, 6) is 3.15. The van der Waals surface area contributed by atoms with E-state index in [0.717, 1.165) is 43.2 Å². The lowest BCUT2D eigenvalue weighted by Gasteiger charge is -2.15. The van der Waals surface area contributed by atoms with Gasteiger partial charge in [0.2, 0.25) is 0 Å². The number of benzene rings is 1. The van der Waals surface area contributed by atoms with Gasteiger partial charge < -0.3 is 14.8 Å². The second-order valence-corrected chi connectivity index (χ2v) is 6.03. The predicted molar refractivity (Wildman–Crippen MR) is 84.5 cm³/mol. The van der Waals surface area contributed by atoms with Crippen LogP contribution in [0.3, 0.4) is 0 Å². The quantitative estimate of drug-likeness (QED) is 0.744. The molecule has 1 aromatic carbocycles. The smallest absolute Gasteiger partial charge is 0.124 e. The lowest BCUT2D eigenvalue weighted by molar-refractivity contribution is 0.285. The van der Waals surface area contributed by atoms with E-state index in [4.69, 9.17) is 9.47 Å². The van der Waals surface area contributed by atoms with Gasteiger partial charge in [-0.25, -0.2) is 0 Å². The monoisotopic (exact) mass is 279 g/mol. The number of hydrogen-bond acceptors (Lipinski definition) is 3. The molecule has 0 aliphatic rings. The van der Waals surface area contributed by atoms with Crippen molar-refractivity contribution in [2.24, 2.45) is 11.8 Å². The maximum atomic E-state index is 5.91. The fourth-order valence-corrected chi connectivity index (χ4v) is 1.86. The third-order valence-electron chi connectivity index (χ3n) is 3.09. The van der Waals surface area contributed by atoms with Gasteiger partial charge in [0.25, 0.3) is 0 Å². The first-order valence-electron chi connectivity index (χ1n) is 7.53. The SMILES string of the molecule is COc1ccc(OCCC(C)C)c(CNCC(C)C)c1. The Balaban J connectivity index is 2.65. The molecule has 3 nitrogen and oxygen atoms in total. The maximum Gasteiger partial charge on any atom is 0.124 e. The van der Waals surface area contributed by atoms with E-state index < -0.39 is 0 Å². The molecular formula is C17H29NO2. The first-order chi connectivity index (χ1) is 9.52. The second-order valence-electron chi connectivity index (χ2n) is 6.03. The van der Waals surface area contributed by atoms with E-state index in [2.05, 4.69) is 39.1 Å². The molecule has 0 aliphatic carbocycles. The van der Waals surface area contributed by atoms with Crippen molar-refractivity contribution in [3.63, 3.8) is 0 Å². The average Bonchev–Trinajstić information content (AvgIpc) is 2.39. The third kappa shape index (κ3) is 6.29. The lowest BCUT2D eigenvalue weighted by atomic mass is 10.1. The lowest BCUT2D eigenvalue weighted by Crippen LogP contribution is -2.19. The molecule has 1 rings (SSSR count). The van der Waals surface area contributed by atoms with Crippen LogP contribution < -0.4 is 14.8 Å². The zero-order valence-electron chi connectivity index (χ0n) is 13.5. The molecule has 0 radical (unpaired) electrons. The Bertz CT molecular complexity index is 389. The third-order valence-corrected chi connectivity index (χ3v) is 3.09. The van der Waals surface area contributed by atoms with Crippen LogP contribution in [-0.4, -0.2) is 20.3 Å². The molecule has 3 heteroatoms. The standard InChI is InChI=1S/C17H29NO2/c1-13(2)8-9-20-17-7-6-16(19-5)10-15(17)12-18-11-14(3)4/h6-7,10,13-14,18H,8-9,11-12H2,1-5H3. The molecule has 0 aromatic heterocycles. The minimum atomic E-state index is 0.644. The normalized spacial score (nSPS) is 11.2. The van der Waals surface area contributed by atoms with E-state index in [1.54, 1.807) is 7.11 Å². The van der Waals surface area contributed by atoms with Crippen LogP contribution in [0, 0.1) is 11.8 Å². The van der Waals surface area contributed by atoms with Crippen molar-refractivity contribution in [3.05, 3.63) is 23.8 Å². The molecule has 0 fully saturated rings. The van der Waals surface area contributed by atoms with Gasteiger partial charge in [0, 0.05) is 12.1 Å². The van der Waals surface area contributed by atoms with Gasteiger partial charge in [-0.1, -0.05) is 27.7 Å². The fraction of sp³-hybridized carbons (Fsp3) is 0.647. The Morgan fingerprint density at radius 2 is 1.85 bits per heavy atom. The molecule has 0 saturated carbocycles. The molecule has 114 valence electrons. The van der Waals surface area contributed by atoms with Gasteiger partial charge in [0.05, 0.1) is 13.7 Å². The Morgan fingerprint density at radius 3 is 2.45 bits per heavy atom. The van der Waals surface area contributed by atoms with Crippen LogP contribution in [-0.2, 0) is 6.54 Å². The summed E-state index contributed by atoms with van der Waals surface area (Å²) in [4.78, 5) is 0. The van der Waals surface area contributed by atoms with E-state index in [9.17, 15) is 0 Å². The van der Waals surface area contributed by atoms with Gasteiger partial charge >= 0.3 is 0 Å². The molecule has 0 atom stereocenters. The average molecular weight is 279 g/mol. The van der Waals surface area contributed by atoms with Crippen LogP contribution in [0.15, 0.2) is 18.2 Å². The molecule has 0 spiro atoms. The van der Waals surface area contributed by atoms with E-state index in [0.29, 0.717) is 11.8 Å². The van der Waals surface area contributed by atoms with Gasteiger partial charge in [-0.15, -0.1) is 0 Å². The summed E-state index contributed by atoms with van der Waals surface area (Å²) in [5, 5.41) is 3.46. The minimum absolute atomic E-state index is 0.644. The highest BCUT2D eigenvalue weighted by Gasteiger charge is 2.07. The summed E-state index contributed by atoms with van der Waals surface area (Å²) < 4.78 is 11.2. The Labute approximate surface area is 123 Å². The Hall–Kier alpha value is -1.22. The predicted octanol–water partition coefficient (Wildman–Crippen LogP) is 3.87. The molecule has 0 saturated heterocycles. The molecule has 0 bridgehead atoms. The van der Waals surface area contributed by atoms with Crippen LogP contribution in [0.2, 0.25) is 0 Å². The largest absolute Gasteiger partial charge is 0.497 e. The summed E-state index contributed by atoms with van der Waals surface area (Å²) in [6.45, 7) is 11.4. The van der Waals surface area contributed by atoms with E-state index in [-0.39, 0.29) is 0 Å². The van der Waals surface area contributed by atoms with Crippen LogP contribution in [0.25, 0.3) is 0 Å². The minimum Gasteiger partial charge on any atom is -0.497 e. The first kappa shape index (κ1) is 16.8. The molecular weight excluding hydrogens is 250 g/mol. The summed E-state index contributed by atoms with van der Waals surface area (Å²) in [5.41, 5.74) is 1.16. The molecule has 1 N–H and O–H groups in total. The van der Waals surface area contributed by atoms with E-state index in [1.165, 1.54) is 0 Å². The summed E-state index contributed by atoms with van der Waals surface area (Å²) >= 11 is 0. The topological polar surface area (TPSA) is 30.5 Å². The van der Waals surface area contributed by atoms with Crippen molar-refractivity contribution in [3.8, 4) is 11.5 Å². The van der Waals surface area contributed by atoms with Crippen LogP contribution in [0.1, 0.15) is 39.7 Å². The highest BCUT2D eigenvalue weighted by Crippen LogP contribution is 2.24. The van der Waals surface area contributed by atoms with Crippen molar-refractivity contribution in [2.45, 2.75) is 40.7 Å². The zero-order chi connectivity index (χ0) is 15.0. The fourth-order valence-electron chi connectivity index (χ4n) is 1.86. The van der Waals surface area contributed by atoms with E-state index in [1.807, 2.05) is 12.1 Å². The highest BCUT2D eigenvalue weighted by molar-refractivity contribution is 5.40. The highest BCUT2D eigenvalue weighted by atomic mass is 16.5. The van der Waals surface area contributed by atoms with Crippen molar-refractivity contribution in [1.29, 1.82) is 0 Å². The number of methoxy groups -OCH3 is 1. The van der Waals surface area contributed by atoms with Crippen LogP contribution >= 0.6 is 0 Å². The molecule has 0 aliphatic heterocycles. The summed E-state index contributed by atoms with van der Waals surface area (Å²) in [6.07, 6.45) is 1.07. The summed E-state index contributed by atoms with van der Waals surface area (Å²) in [7, 11) is 1.69. The molecule has 0 heterocycles. The molecule has 0 unspecified atom stereocenters. The number of ether oxygens (including phenoxy) is 2. The number of nitrogens with one attached hydrogen (secondary N) is 1. The Kier molecular flexibility index (Phi) is 7.45. The van der Waals surface area contributed by atoms with Gasteiger partial charge in [0.15, 0.2) is 0 Å². The zero-order valence-corrected chi connectivity index (χ0v) is 13.5. The molecule has 1 aromatic rings. The maximum absolute atomic E-state index is 5.91. The first-order valence-corrected chi connectivity index (χ1v) is 7.53. The van der Waals surface area contributed by atoms with Crippen molar-refractivity contribution in [1.82, 2.24) is 5.32 Å². The van der Waals surface area contributed by atoms with Gasteiger partial charge in [0.1, 0.15) is 11.5 Å². The van der Waals surface area contributed by atoms with Gasteiger partial charge in [-0.05, 0) is 43.0 Å². The van der Waals surface area contributed by atoms with Crippen molar-refractivity contribution >= 4 is 0 Å². The van der Waals surface area contributed by atoms with Gasteiger partial charge in [-0.3, -0.25) is 0 Å². The molecule has 20 heavy (non-hydrogen) atoms. The molecule has 0 amide bonds. The second kappa shape index (κ2) is 8.85. The van der Waals surface area contributed by atoms with Crippen LogP contribution in [0.5, 0.6) is 11.5 Å². The van der Waals surface area contributed by atoms with Crippen molar-refractivity contribution in [2.75, 3.05) is 20.3 Å². The summed E-state index contributed by atoms with van der Waals surface area (Å²) in [6, 6.07) is 6.01. The van der Waals surface area contributed by atoms with Crippen molar-refractivity contribution < 1.29 is 9.47 Å². The van der Waals surface area contributed by atoms with Crippen LogP contribution in [0.4, 0.5) is 0 Å². The van der Waals surface area contributed by atoms with E-state index >= 15 is 0 Å². The van der Waals surface area contributed by atoms with Gasteiger partial charge in [-0.2, -0.15) is 0 Å².